The Hall–Kier alpha value is -2.61. The highest BCUT2D eigenvalue weighted by Gasteiger charge is 2.20. The van der Waals surface area contributed by atoms with Crippen LogP contribution in [0.2, 0.25) is 5.02 Å². The van der Waals surface area contributed by atoms with Gasteiger partial charge in [-0.15, -0.1) is 0 Å². The Balaban J connectivity index is 1.61. The zero-order valence-electron chi connectivity index (χ0n) is 17.3. The third-order valence-electron chi connectivity index (χ3n) is 5.13. The average molecular weight is 429 g/mol. The summed E-state index contributed by atoms with van der Waals surface area (Å²) in [5.74, 6) is 1.88. The van der Waals surface area contributed by atoms with Crippen LogP contribution in [0.25, 0.3) is 10.9 Å². The number of nitrogens with one attached hydrogen (secondary N) is 1. The van der Waals surface area contributed by atoms with Gasteiger partial charge in [0.25, 0.3) is 0 Å². The van der Waals surface area contributed by atoms with Crippen LogP contribution in [-0.4, -0.2) is 61.4 Å². The lowest BCUT2D eigenvalue weighted by Crippen LogP contribution is -2.42. The lowest BCUT2D eigenvalue weighted by molar-refractivity contribution is -0.0406. The predicted molar refractivity (Wildman–Crippen MR) is 118 cm³/mol. The van der Waals surface area contributed by atoms with Gasteiger partial charge in [-0.05, 0) is 31.7 Å². The number of nitrogens with zero attached hydrogens (tertiary/aromatic N) is 3. The van der Waals surface area contributed by atoms with Gasteiger partial charge in [-0.2, -0.15) is 0 Å². The van der Waals surface area contributed by atoms with E-state index in [-0.39, 0.29) is 6.10 Å². The Labute approximate surface area is 180 Å². The Kier molecular flexibility index (Phi) is 6.22. The second-order valence-electron chi connectivity index (χ2n) is 7.37. The summed E-state index contributed by atoms with van der Waals surface area (Å²) in [5, 5.41) is 4.78. The van der Waals surface area contributed by atoms with E-state index < -0.39 is 0 Å². The van der Waals surface area contributed by atoms with Gasteiger partial charge in [-0.1, -0.05) is 23.7 Å². The van der Waals surface area contributed by atoms with E-state index in [1.807, 2.05) is 37.3 Å². The molecule has 2 aromatic carbocycles. The summed E-state index contributed by atoms with van der Waals surface area (Å²) < 4.78 is 17.4. The van der Waals surface area contributed by atoms with Crippen molar-refractivity contribution in [3.05, 3.63) is 47.2 Å². The molecule has 0 spiro atoms. The number of fused-ring (bicyclic) bond motifs is 1. The Morgan fingerprint density at radius 2 is 2.13 bits per heavy atom. The number of aromatic nitrogens is 2. The SMILES string of the molecule is COc1cc2c(Nc3cccc(C)c3Cl)ncnc2cc1OCC1CN(C)CCO1. The van der Waals surface area contributed by atoms with Crippen LogP contribution >= 0.6 is 11.6 Å². The van der Waals surface area contributed by atoms with E-state index >= 15 is 0 Å². The molecule has 1 fully saturated rings. The first-order valence-electron chi connectivity index (χ1n) is 9.83. The largest absolute Gasteiger partial charge is 0.493 e. The molecular weight excluding hydrogens is 404 g/mol. The van der Waals surface area contributed by atoms with E-state index in [2.05, 4.69) is 27.2 Å². The summed E-state index contributed by atoms with van der Waals surface area (Å²) in [6.45, 7) is 4.90. The molecule has 1 N–H and O–H groups in total. The van der Waals surface area contributed by atoms with Gasteiger partial charge in [-0.3, -0.25) is 0 Å². The molecular formula is C22H25ClN4O3. The van der Waals surface area contributed by atoms with Gasteiger partial charge >= 0.3 is 0 Å². The fraction of sp³-hybridized carbons (Fsp3) is 0.364. The molecule has 3 aromatic rings. The zero-order valence-corrected chi connectivity index (χ0v) is 18.1. The van der Waals surface area contributed by atoms with Gasteiger partial charge in [-0.25, -0.2) is 9.97 Å². The highest BCUT2D eigenvalue weighted by molar-refractivity contribution is 6.34. The topological polar surface area (TPSA) is 68.7 Å². The average Bonchev–Trinajstić information content (AvgIpc) is 2.75. The molecule has 30 heavy (non-hydrogen) atoms. The van der Waals surface area contributed by atoms with E-state index in [0.29, 0.717) is 35.6 Å². The molecule has 1 unspecified atom stereocenters. The van der Waals surface area contributed by atoms with Gasteiger partial charge in [0.05, 0.1) is 29.9 Å². The van der Waals surface area contributed by atoms with Crippen molar-refractivity contribution < 1.29 is 14.2 Å². The number of benzene rings is 2. The molecule has 7 nitrogen and oxygen atoms in total. The number of rotatable bonds is 6. The van der Waals surface area contributed by atoms with Crippen molar-refractivity contribution in [1.82, 2.24) is 14.9 Å². The van der Waals surface area contributed by atoms with Crippen molar-refractivity contribution in [2.45, 2.75) is 13.0 Å². The number of methoxy groups -OCH3 is 1. The van der Waals surface area contributed by atoms with Crippen LogP contribution in [-0.2, 0) is 4.74 Å². The monoisotopic (exact) mass is 428 g/mol. The lowest BCUT2D eigenvalue weighted by atomic mass is 10.2. The molecule has 1 aliphatic rings. The maximum atomic E-state index is 6.44. The fourth-order valence-corrected chi connectivity index (χ4v) is 3.63. The quantitative estimate of drug-likeness (QED) is 0.635. The van der Waals surface area contributed by atoms with Gasteiger partial charge in [0.2, 0.25) is 0 Å². The van der Waals surface area contributed by atoms with Crippen LogP contribution in [0.3, 0.4) is 0 Å². The highest BCUT2D eigenvalue weighted by Crippen LogP contribution is 2.36. The molecule has 0 amide bonds. The predicted octanol–water partition coefficient (Wildman–Crippen LogP) is 4.05. The molecule has 2 heterocycles. The minimum Gasteiger partial charge on any atom is -0.493 e. The Bertz CT molecular complexity index is 1050. The molecule has 8 heteroatoms. The number of halogens is 1. The minimum absolute atomic E-state index is 0.0234. The first kappa shape index (κ1) is 20.7. The maximum absolute atomic E-state index is 6.44. The number of hydrogen-bond acceptors (Lipinski definition) is 7. The van der Waals surface area contributed by atoms with Gasteiger partial charge < -0.3 is 24.4 Å². The molecule has 0 bridgehead atoms. The number of hydrogen-bond donors (Lipinski definition) is 1. The molecule has 0 radical (unpaired) electrons. The summed E-state index contributed by atoms with van der Waals surface area (Å²) in [6.07, 6.45) is 1.54. The van der Waals surface area contributed by atoms with Crippen LogP contribution in [0, 0.1) is 6.92 Å². The summed E-state index contributed by atoms with van der Waals surface area (Å²) in [6, 6.07) is 9.57. The van der Waals surface area contributed by atoms with E-state index in [9.17, 15) is 0 Å². The number of ether oxygens (including phenoxy) is 3. The molecule has 1 atom stereocenters. The summed E-state index contributed by atoms with van der Waals surface area (Å²) in [4.78, 5) is 11.0. The fourth-order valence-electron chi connectivity index (χ4n) is 3.46. The second kappa shape index (κ2) is 9.04. The van der Waals surface area contributed by atoms with Gasteiger partial charge in [0.1, 0.15) is 24.9 Å². The lowest BCUT2D eigenvalue weighted by Gasteiger charge is -2.30. The summed E-state index contributed by atoms with van der Waals surface area (Å²) in [7, 11) is 3.70. The van der Waals surface area contributed by atoms with E-state index in [4.69, 9.17) is 25.8 Å². The molecule has 1 aromatic heterocycles. The van der Waals surface area contributed by atoms with E-state index in [1.54, 1.807) is 7.11 Å². The second-order valence-corrected chi connectivity index (χ2v) is 7.75. The van der Waals surface area contributed by atoms with E-state index in [1.165, 1.54) is 6.33 Å². The highest BCUT2D eigenvalue weighted by atomic mass is 35.5. The molecule has 0 aliphatic carbocycles. The van der Waals surface area contributed by atoms with Crippen molar-refractivity contribution in [2.75, 3.05) is 45.8 Å². The zero-order chi connectivity index (χ0) is 21.1. The standard InChI is InChI=1S/C22H25ClN4O3/c1-14-5-4-6-17(21(14)23)26-22-16-9-19(28-3)20(10-18(16)24-13-25-22)30-12-15-11-27(2)7-8-29-15/h4-6,9-10,13,15H,7-8,11-12H2,1-3H3,(H,24,25,26). The van der Waals surface area contributed by atoms with Crippen LogP contribution in [0.1, 0.15) is 5.56 Å². The van der Waals surface area contributed by atoms with Crippen molar-refractivity contribution in [1.29, 1.82) is 0 Å². The van der Waals surface area contributed by atoms with E-state index in [0.717, 1.165) is 35.2 Å². The minimum atomic E-state index is 0.0234. The first-order valence-corrected chi connectivity index (χ1v) is 10.2. The van der Waals surface area contributed by atoms with Crippen LogP contribution in [0.15, 0.2) is 36.7 Å². The van der Waals surface area contributed by atoms with Crippen molar-refractivity contribution >= 4 is 34.0 Å². The molecule has 1 aliphatic heterocycles. The Morgan fingerprint density at radius 1 is 1.27 bits per heavy atom. The van der Waals surface area contributed by atoms with Crippen molar-refractivity contribution in [3.8, 4) is 11.5 Å². The Morgan fingerprint density at radius 3 is 2.93 bits per heavy atom. The smallest absolute Gasteiger partial charge is 0.163 e. The van der Waals surface area contributed by atoms with Gasteiger partial charge in [0, 0.05) is 24.5 Å². The third kappa shape index (κ3) is 4.43. The molecule has 1 saturated heterocycles. The number of likely N-dealkylation sites (N-methyl/N-ethyl adjacent to an activating group) is 1. The van der Waals surface area contributed by atoms with Crippen LogP contribution < -0.4 is 14.8 Å². The molecule has 0 saturated carbocycles. The number of aryl methyl sites for hydroxylation is 1. The maximum Gasteiger partial charge on any atom is 0.163 e. The third-order valence-corrected chi connectivity index (χ3v) is 5.63. The molecule has 4 rings (SSSR count). The van der Waals surface area contributed by atoms with Crippen LogP contribution in [0.4, 0.5) is 11.5 Å². The molecule has 158 valence electrons. The van der Waals surface area contributed by atoms with Crippen LogP contribution in [0.5, 0.6) is 11.5 Å². The summed E-state index contributed by atoms with van der Waals surface area (Å²) >= 11 is 6.44. The first-order chi connectivity index (χ1) is 14.5. The van der Waals surface area contributed by atoms with Gasteiger partial charge in [0.15, 0.2) is 11.5 Å². The number of anilines is 2. The normalized spacial score (nSPS) is 17.1. The van der Waals surface area contributed by atoms with Crippen molar-refractivity contribution in [2.24, 2.45) is 0 Å². The van der Waals surface area contributed by atoms with Crippen molar-refractivity contribution in [3.63, 3.8) is 0 Å². The number of morpholine rings is 1. The summed E-state index contributed by atoms with van der Waals surface area (Å²) in [5.41, 5.74) is 2.52.